The van der Waals surface area contributed by atoms with E-state index in [0.717, 1.165) is 5.56 Å². The highest BCUT2D eigenvalue weighted by atomic mass is 16.6. The van der Waals surface area contributed by atoms with Gasteiger partial charge in [-0.2, -0.15) is 0 Å². The summed E-state index contributed by atoms with van der Waals surface area (Å²) in [5.74, 6) is -0.459. The summed E-state index contributed by atoms with van der Waals surface area (Å²) in [5, 5.41) is 12.9. The number of carbonyl (C=O) groups is 1. The first-order valence-electron chi connectivity index (χ1n) is 5.24. The molecule has 1 aliphatic heterocycles. The molecule has 17 heavy (non-hydrogen) atoms. The van der Waals surface area contributed by atoms with Gasteiger partial charge in [-0.15, -0.1) is 0 Å². The number of methoxy groups -OCH3 is 1. The van der Waals surface area contributed by atoms with Crippen LogP contribution >= 0.6 is 0 Å². The second-order valence-corrected chi connectivity index (χ2v) is 3.87. The number of aromatic hydroxyl groups is 1. The lowest BCUT2D eigenvalue weighted by Crippen LogP contribution is -2.23. The molecule has 5 heteroatoms. The van der Waals surface area contributed by atoms with E-state index in [-0.39, 0.29) is 23.5 Å². The molecule has 0 bridgehead atoms. The molecule has 0 fully saturated rings. The Morgan fingerprint density at radius 2 is 2.06 bits per heavy atom. The molecule has 1 heterocycles. The standard InChI is InChI=1S/C12H13NO4/c1-7-10(12(15)16-2)13-17-11(7)8-3-5-9(14)6-4-8/h3-7,11,14H,1-2H3/t7-,11-/m0/s1. The summed E-state index contributed by atoms with van der Waals surface area (Å²) < 4.78 is 4.62. The zero-order chi connectivity index (χ0) is 12.4. The smallest absolute Gasteiger partial charge is 0.356 e. The van der Waals surface area contributed by atoms with Crippen molar-refractivity contribution in [3.05, 3.63) is 29.8 Å². The Hall–Kier alpha value is -2.04. The number of hydrogen-bond acceptors (Lipinski definition) is 5. The van der Waals surface area contributed by atoms with Crippen molar-refractivity contribution in [2.45, 2.75) is 13.0 Å². The Morgan fingerprint density at radius 3 is 2.65 bits per heavy atom. The zero-order valence-electron chi connectivity index (χ0n) is 9.58. The largest absolute Gasteiger partial charge is 0.508 e. The van der Waals surface area contributed by atoms with Crippen LogP contribution in [0, 0.1) is 5.92 Å². The monoisotopic (exact) mass is 235 g/mol. The summed E-state index contributed by atoms with van der Waals surface area (Å²) in [6.07, 6.45) is -0.315. The first-order valence-corrected chi connectivity index (χ1v) is 5.24. The molecule has 0 saturated carbocycles. The molecule has 90 valence electrons. The Bertz CT molecular complexity index is 452. The van der Waals surface area contributed by atoms with E-state index in [2.05, 4.69) is 9.89 Å². The van der Waals surface area contributed by atoms with Gasteiger partial charge in [0.25, 0.3) is 0 Å². The average molecular weight is 235 g/mol. The molecule has 1 aliphatic rings. The molecule has 5 nitrogen and oxygen atoms in total. The lowest BCUT2D eigenvalue weighted by Gasteiger charge is -2.14. The third kappa shape index (κ3) is 2.08. The number of ether oxygens (including phenoxy) is 1. The van der Waals surface area contributed by atoms with E-state index >= 15 is 0 Å². The molecular weight excluding hydrogens is 222 g/mol. The van der Waals surface area contributed by atoms with Crippen LogP contribution in [0.15, 0.2) is 29.4 Å². The van der Waals surface area contributed by atoms with Crippen LogP contribution in [0.1, 0.15) is 18.6 Å². The van der Waals surface area contributed by atoms with E-state index in [1.54, 1.807) is 24.3 Å². The van der Waals surface area contributed by atoms with E-state index in [9.17, 15) is 9.90 Å². The van der Waals surface area contributed by atoms with Crippen molar-refractivity contribution < 1.29 is 19.5 Å². The highest BCUT2D eigenvalue weighted by Gasteiger charge is 2.36. The fraction of sp³-hybridized carbons (Fsp3) is 0.333. The lowest BCUT2D eigenvalue weighted by atomic mass is 9.94. The molecule has 0 aromatic heterocycles. The minimum atomic E-state index is -0.473. The van der Waals surface area contributed by atoms with Crippen LogP contribution in [0.4, 0.5) is 0 Å². The summed E-state index contributed by atoms with van der Waals surface area (Å²) in [6, 6.07) is 6.63. The Labute approximate surface area is 98.6 Å². The maximum absolute atomic E-state index is 11.4. The lowest BCUT2D eigenvalue weighted by molar-refractivity contribution is -0.133. The number of rotatable bonds is 2. The van der Waals surface area contributed by atoms with Gasteiger partial charge in [-0.1, -0.05) is 24.2 Å². The number of carbonyl (C=O) groups excluding carboxylic acids is 1. The highest BCUT2D eigenvalue weighted by Crippen LogP contribution is 2.33. The third-order valence-corrected chi connectivity index (χ3v) is 2.77. The fourth-order valence-electron chi connectivity index (χ4n) is 1.77. The van der Waals surface area contributed by atoms with Crippen LogP contribution in [0.3, 0.4) is 0 Å². The Balaban J connectivity index is 2.17. The summed E-state index contributed by atoms with van der Waals surface area (Å²) in [5.41, 5.74) is 1.14. The second-order valence-electron chi connectivity index (χ2n) is 3.87. The van der Waals surface area contributed by atoms with Gasteiger partial charge in [-0.3, -0.25) is 0 Å². The van der Waals surface area contributed by atoms with Gasteiger partial charge in [0.1, 0.15) is 5.75 Å². The summed E-state index contributed by atoms with van der Waals surface area (Å²) in [4.78, 5) is 16.6. The minimum Gasteiger partial charge on any atom is -0.508 e. The van der Waals surface area contributed by atoms with Gasteiger partial charge < -0.3 is 14.7 Å². The molecule has 1 aromatic rings. The molecule has 1 N–H and O–H groups in total. The van der Waals surface area contributed by atoms with Gasteiger partial charge in [0.15, 0.2) is 11.8 Å². The van der Waals surface area contributed by atoms with Gasteiger partial charge in [0.2, 0.25) is 0 Å². The number of phenols is 1. The summed E-state index contributed by atoms with van der Waals surface area (Å²) in [6.45, 7) is 1.85. The maximum atomic E-state index is 11.4. The third-order valence-electron chi connectivity index (χ3n) is 2.77. The van der Waals surface area contributed by atoms with Crippen LogP contribution in [0.2, 0.25) is 0 Å². The first-order chi connectivity index (χ1) is 8.13. The first kappa shape index (κ1) is 11.4. The second kappa shape index (κ2) is 4.45. The zero-order valence-corrected chi connectivity index (χ0v) is 9.58. The van der Waals surface area contributed by atoms with E-state index in [4.69, 9.17) is 4.84 Å². The van der Waals surface area contributed by atoms with Crippen LogP contribution in [0.25, 0.3) is 0 Å². The Kier molecular flexibility index (Phi) is 2.99. The van der Waals surface area contributed by atoms with Crippen molar-refractivity contribution in [1.82, 2.24) is 0 Å². The van der Waals surface area contributed by atoms with E-state index in [1.807, 2.05) is 6.92 Å². The molecule has 0 saturated heterocycles. The SMILES string of the molecule is COC(=O)C1=NO[C@H](c2ccc(O)cc2)[C@H]1C. The molecule has 0 amide bonds. The van der Waals surface area contributed by atoms with Crippen LogP contribution in [0.5, 0.6) is 5.75 Å². The molecule has 1 aromatic carbocycles. The molecule has 0 unspecified atom stereocenters. The number of benzene rings is 1. The average Bonchev–Trinajstić information content (AvgIpc) is 2.71. The number of nitrogens with zero attached hydrogens (tertiary/aromatic N) is 1. The highest BCUT2D eigenvalue weighted by molar-refractivity contribution is 6.37. The molecule has 2 rings (SSSR count). The molecule has 2 atom stereocenters. The van der Waals surface area contributed by atoms with Gasteiger partial charge in [-0.05, 0) is 17.7 Å². The van der Waals surface area contributed by atoms with Crippen molar-refractivity contribution in [3.8, 4) is 5.75 Å². The maximum Gasteiger partial charge on any atom is 0.356 e. The van der Waals surface area contributed by atoms with Crippen molar-refractivity contribution in [1.29, 1.82) is 0 Å². The van der Waals surface area contributed by atoms with Crippen molar-refractivity contribution >= 4 is 11.7 Å². The van der Waals surface area contributed by atoms with Crippen LogP contribution < -0.4 is 0 Å². The van der Waals surface area contributed by atoms with Gasteiger partial charge >= 0.3 is 5.97 Å². The molecule has 0 spiro atoms. The number of esters is 1. The minimum absolute atomic E-state index is 0.174. The molecule has 0 aliphatic carbocycles. The quantitative estimate of drug-likeness (QED) is 0.791. The predicted molar refractivity (Wildman–Crippen MR) is 60.5 cm³/mol. The molecule has 0 radical (unpaired) electrons. The van der Waals surface area contributed by atoms with Gasteiger partial charge in [0.05, 0.1) is 13.0 Å². The van der Waals surface area contributed by atoms with E-state index in [0.29, 0.717) is 0 Å². The number of hydrogen-bond donors (Lipinski definition) is 1. The van der Waals surface area contributed by atoms with Gasteiger partial charge in [0, 0.05) is 0 Å². The fourth-order valence-corrected chi connectivity index (χ4v) is 1.77. The van der Waals surface area contributed by atoms with Crippen LogP contribution in [-0.2, 0) is 14.4 Å². The summed E-state index contributed by atoms with van der Waals surface area (Å²) in [7, 11) is 1.31. The van der Waals surface area contributed by atoms with Crippen molar-refractivity contribution in [2.75, 3.05) is 7.11 Å². The van der Waals surface area contributed by atoms with E-state index in [1.165, 1.54) is 7.11 Å². The van der Waals surface area contributed by atoms with Crippen molar-refractivity contribution in [2.24, 2.45) is 11.1 Å². The summed E-state index contributed by atoms with van der Waals surface area (Å²) >= 11 is 0. The Morgan fingerprint density at radius 1 is 1.41 bits per heavy atom. The van der Waals surface area contributed by atoms with Gasteiger partial charge in [-0.25, -0.2) is 4.79 Å². The van der Waals surface area contributed by atoms with Crippen molar-refractivity contribution in [3.63, 3.8) is 0 Å². The van der Waals surface area contributed by atoms with Crippen LogP contribution in [-0.4, -0.2) is 23.9 Å². The van der Waals surface area contributed by atoms with E-state index < -0.39 is 5.97 Å². The number of oxime groups is 1. The molecular formula is C12H13NO4. The predicted octanol–water partition coefficient (Wildman–Crippen LogP) is 1.63. The topological polar surface area (TPSA) is 68.1 Å². The normalized spacial score (nSPS) is 22.8. The number of phenolic OH excluding ortho intramolecular Hbond substituents is 1.